The number of nitrogens with zero attached hydrogens (tertiary/aromatic N) is 2. The fraction of sp³-hybridized carbons (Fsp3) is 0.500. The van der Waals surface area contributed by atoms with E-state index in [4.69, 9.17) is 25.9 Å². The molecule has 0 heterocycles. The molecule has 0 saturated carbocycles. The van der Waals surface area contributed by atoms with Crippen LogP contribution in [0.3, 0.4) is 0 Å². The monoisotopic (exact) mass is 410 g/mol. The zero-order chi connectivity index (χ0) is 21.0. The van der Waals surface area contributed by atoms with Crippen molar-refractivity contribution in [2.24, 2.45) is 10.1 Å². The van der Waals surface area contributed by atoms with Gasteiger partial charge in [0.25, 0.3) is 0 Å². The van der Waals surface area contributed by atoms with Crippen molar-refractivity contribution < 1.29 is 23.9 Å². The van der Waals surface area contributed by atoms with E-state index in [9.17, 15) is 9.59 Å². The van der Waals surface area contributed by atoms with Gasteiger partial charge in [-0.25, -0.2) is 9.59 Å². The Bertz CT molecular complexity index is 696. The van der Waals surface area contributed by atoms with Crippen LogP contribution in [0.4, 0.5) is 4.79 Å². The molecule has 1 rings (SSSR count). The Morgan fingerprint density at radius 3 is 2.36 bits per heavy atom. The lowest BCUT2D eigenvalue weighted by molar-refractivity contribution is -0.135. The zero-order valence-corrected chi connectivity index (χ0v) is 17.5. The average Bonchev–Trinajstić information content (AvgIpc) is 2.62. The standard InChI is InChI=1S/C20H27ClN2O5/c1-5-26-18(24)17(22-19(25)28-20(2,3)4)12-11-16(13-21)23-27-14-15-9-7-6-8-10-15/h6-10H,5,11-14H2,1-4H3/b22-17?,23-16-. The summed E-state index contributed by atoms with van der Waals surface area (Å²) in [6.07, 6.45) is -0.433. The molecule has 154 valence electrons. The minimum absolute atomic E-state index is 0.0445. The number of aliphatic imine (C=N–C) groups is 1. The number of amides is 1. The summed E-state index contributed by atoms with van der Waals surface area (Å²) in [7, 11) is 0. The van der Waals surface area contributed by atoms with Crippen molar-refractivity contribution >= 4 is 35.1 Å². The number of hydrogen-bond donors (Lipinski definition) is 0. The number of carbonyl (C=O) groups excluding carboxylic acids is 2. The molecule has 0 unspecified atom stereocenters. The Hall–Kier alpha value is -2.41. The van der Waals surface area contributed by atoms with E-state index in [1.807, 2.05) is 30.3 Å². The van der Waals surface area contributed by atoms with Gasteiger partial charge in [0.1, 0.15) is 17.9 Å². The van der Waals surface area contributed by atoms with E-state index in [0.29, 0.717) is 18.7 Å². The van der Waals surface area contributed by atoms with Crippen molar-refractivity contribution in [3.63, 3.8) is 0 Å². The topological polar surface area (TPSA) is 86.5 Å². The predicted octanol–water partition coefficient (Wildman–Crippen LogP) is 4.52. The third-order valence-corrected chi connectivity index (χ3v) is 3.51. The van der Waals surface area contributed by atoms with E-state index >= 15 is 0 Å². The summed E-state index contributed by atoms with van der Waals surface area (Å²) in [5.74, 6) is -0.551. The van der Waals surface area contributed by atoms with Crippen LogP contribution < -0.4 is 0 Å². The summed E-state index contributed by atoms with van der Waals surface area (Å²) in [5, 5.41) is 4.01. The number of hydrogen-bond acceptors (Lipinski definition) is 6. The first kappa shape index (κ1) is 23.6. The number of alkyl halides is 1. The highest BCUT2D eigenvalue weighted by Gasteiger charge is 2.20. The van der Waals surface area contributed by atoms with Crippen LogP contribution in [0, 0.1) is 0 Å². The SMILES string of the molecule is CCOC(=O)C(CC/C(CCl)=N/OCc1ccccc1)=NC(=O)OC(C)(C)C. The Labute approximate surface area is 170 Å². The van der Waals surface area contributed by atoms with E-state index in [0.717, 1.165) is 5.56 Å². The fourth-order valence-corrected chi connectivity index (χ4v) is 2.17. The largest absolute Gasteiger partial charge is 0.462 e. The normalized spacial score (nSPS) is 12.5. The van der Waals surface area contributed by atoms with Gasteiger partial charge in [-0.05, 0) is 39.7 Å². The molecule has 0 saturated heterocycles. The van der Waals surface area contributed by atoms with Crippen LogP contribution in [0.25, 0.3) is 0 Å². The highest BCUT2D eigenvalue weighted by Crippen LogP contribution is 2.10. The van der Waals surface area contributed by atoms with Gasteiger partial charge in [0.2, 0.25) is 0 Å². The molecule has 0 bridgehead atoms. The number of ether oxygens (including phenoxy) is 2. The van der Waals surface area contributed by atoms with Crippen LogP contribution in [0.2, 0.25) is 0 Å². The lowest BCUT2D eigenvalue weighted by Crippen LogP contribution is -2.25. The van der Waals surface area contributed by atoms with Gasteiger partial charge in [-0.2, -0.15) is 4.99 Å². The molecule has 1 aromatic carbocycles. The average molecular weight is 411 g/mol. The molecule has 1 amide bonds. The van der Waals surface area contributed by atoms with E-state index in [1.54, 1.807) is 27.7 Å². The summed E-state index contributed by atoms with van der Waals surface area (Å²) in [5.41, 5.74) is 0.739. The highest BCUT2D eigenvalue weighted by atomic mass is 35.5. The molecule has 0 N–H and O–H groups in total. The molecule has 0 aliphatic heterocycles. The Balaban J connectivity index is 2.73. The minimum atomic E-state index is -0.847. The lowest BCUT2D eigenvalue weighted by Gasteiger charge is -2.17. The van der Waals surface area contributed by atoms with Gasteiger partial charge >= 0.3 is 12.1 Å². The van der Waals surface area contributed by atoms with Crippen molar-refractivity contribution in [1.82, 2.24) is 0 Å². The number of benzene rings is 1. The maximum Gasteiger partial charge on any atom is 0.434 e. The van der Waals surface area contributed by atoms with Crippen molar-refractivity contribution in [2.45, 2.75) is 52.7 Å². The second-order valence-corrected chi connectivity index (χ2v) is 7.08. The molecular formula is C20H27ClN2O5. The number of halogens is 1. The summed E-state index contributed by atoms with van der Waals surface area (Å²) < 4.78 is 10.1. The van der Waals surface area contributed by atoms with Crippen LogP contribution >= 0.6 is 11.6 Å². The van der Waals surface area contributed by atoms with Gasteiger partial charge in [-0.15, -0.1) is 11.6 Å². The maximum absolute atomic E-state index is 12.1. The molecule has 28 heavy (non-hydrogen) atoms. The number of esters is 1. The smallest absolute Gasteiger partial charge is 0.434 e. The van der Waals surface area contributed by atoms with Gasteiger partial charge < -0.3 is 14.3 Å². The fourth-order valence-electron chi connectivity index (χ4n) is 1.98. The first-order valence-corrected chi connectivity index (χ1v) is 9.54. The quantitative estimate of drug-likeness (QED) is 0.258. The third kappa shape index (κ3) is 10.1. The number of rotatable bonds is 9. The second-order valence-electron chi connectivity index (χ2n) is 6.81. The Morgan fingerprint density at radius 2 is 1.79 bits per heavy atom. The molecule has 0 aliphatic carbocycles. The van der Waals surface area contributed by atoms with Crippen LogP contribution in [-0.4, -0.2) is 41.6 Å². The Morgan fingerprint density at radius 1 is 1.11 bits per heavy atom. The molecule has 8 heteroatoms. The predicted molar refractivity (Wildman–Crippen MR) is 109 cm³/mol. The number of oxime groups is 1. The van der Waals surface area contributed by atoms with E-state index in [2.05, 4.69) is 10.1 Å². The van der Waals surface area contributed by atoms with Crippen molar-refractivity contribution in [3.05, 3.63) is 35.9 Å². The summed E-state index contributed by atoms with van der Waals surface area (Å²) in [6, 6.07) is 9.57. The summed E-state index contributed by atoms with van der Waals surface area (Å²) in [6.45, 7) is 7.29. The van der Waals surface area contributed by atoms with Gasteiger partial charge in [-0.3, -0.25) is 0 Å². The maximum atomic E-state index is 12.1. The molecule has 0 fully saturated rings. The minimum Gasteiger partial charge on any atom is -0.462 e. The van der Waals surface area contributed by atoms with Crippen LogP contribution in [-0.2, 0) is 25.7 Å². The van der Waals surface area contributed by atoms with E-state index in [-0.39, 0.29) is 24.6 Å². The molecule has 0 aromatic heterocycles. The summed E-state index contributed by atoms with van der Waals surface area (Å²) >= 11 is 5.91. The molecule has 1 aromatic rings. The highest BCUT2D eigenvalue weighted by molar-refractivity contribution is 6.38. The molecule has 7 nitrogen and oxygen atoms in total. The lowest BCUT2D eigenvalue weighted by atomic mass is 10.1. The van der Waals surface area contributed by atoms with Gasteiger partial charge in [-0.1, -0.05) is 35.5 Å². The molecular weight excluding hydrogens is 384 g/mol. The van der Waals surface area contributed by atoms with Gasteiger partial charge in [0, 0.05) is 6.42 Å². The number of carbonyl (C=O) groups is 2. The van der Waals surface area contributed by atoms with Crippen LogP contribution in [0.5, 0.6) is 0 Å². The zero-order valence-electron chi connectivity index (χ0n) is 16.7. The second kappa shape index (κ2) is 12.1. The third-order valence-electron chi connectivity index (χ3n) is 3.20. The van der Waals surface area contributed by atoms with Crippen molar-refractivity contribution in [1.29, 1.82) is 0 Å². The van der Waals surface area contributed by atoms with Gasteiger partial charge in [0.05, 0.1) is 18.2 Å². The van der Waals surface area contributed by atoms with Gasteiger partial charge in [0.15, 0.2) is 0 Å². The summed E-state index contributed by atoms with van der Waals surface area (Å²) in [4.78, 5) is 33.1. The van der Waals surface area contributed by atoms with E-state index in [1.165, 1.54) is 0 Å². The van der Waals surface area contributed by atoms with Crippen molar-refractivity contribution in [2.75, 3.05) is 12.5 Å². The Kier molecular flexibility index (Phi) is 10.2. The first-order chi connectivity index (χ1) is 13.2. The molecule has 0 aliphatic rings. The molecule has 0 spiro atoms. The van der Waals surface area contributed by atoms with Crippen LogP contribution in [0.15, 0.2) is 40.5 Å². The first-order valence-electron chi connectivity index (χ1n) is 9.00. The van der Waals surface area contributed by atoms with Crippen LogP contribution in [0.1, 0.15) is 46.1 Å². The van der Waals surface area contributed by atoms with Crippen molar-refractivity contribution in [3.8, 4) is 0 Å². The molecule has 0 atom stereocenters. The van der Waals surface area contributed by atoms with E-state index < -0.39 is 17.7 Å². The molecule has 0 radical (unpaired) electrons.